The van der Waals surface area contributed by atoms with Crippen LogP contribution in [-0.2, 0) is 17.8 Å². The quantitative estimate of drug-likeness (QED) is 0.479. The van der Waals surface area contributed by atoms with Gasteiger partial charge in [-0.1, -0.05) is 0 Å². The van der Waals surface area contributed by atoms with E-state index in [1.807, 2.05) is 4.68 Å². The number of carbonyl (C=O) groups is 1. The lowest BCUT2D eigenvalue weighted by molar-refractivity contribution is 0.0521. The van der Waals surface area contributed by atoms with Gasteiger partial charge in [0, 0.05) is 6.54 Å². The molecule has 0 radical (unpaired) electrons. The maximum Gasteiger partial charge on any atom is 0.342 e. The van der Waals surface area contributed by atoms with Gasteiger partial charge in [0.25, 0.3) is 0 Å². The highest BCUT2D eigenvalue weighted by Crippen LogP contribution is 2.21. The van der Waals surface area contributed by atoms with Gasteiger partial charge in [0.2, 0.25) is 0 Å². The molecule has 1 aromatic rings. The third-order valence-electron chi connectivity index (χ3n) is 2.45. The highest BCUT2D eigenvalue weighted by molar-refractivity contribution is 14.1. The first-order valence-corrected chi connectivity index (χ1v) is 6.13. The number of halogens is 1. The predicted molar refractivity (Wildman–Crippen MR) is 65.5 cm³/mol. The molecule has 7 heteroatoms. The van der Waals surface area contributed by atoms with Gasteiger partial charge < -0.3 is 4.74 Å². The largest absolute Gasteiger partial charge is 0.462 e. The Balaban J connectivity index is 2.37. The van der Waals surface area contributed by atoms with Crippen molar-refractivity contribution in [1.29, 1.82) is 0 Å². The average molecular weight is 336 g/mol. The summed E-state index contributed by atoms with van der Waals surface area (Å²) in [5.41, 5.74) is 1.40. The van der Waals surface area contributed by atoms with Crippen LogP contribution in [0.5, 0.6) is 0 Å². The number of hydrazine groups is 1. The number of nitrogens with two attached hydrogens (primary N) is 1. The minimum Gasteiger partial charge on any atom is -0.462 e. The zero-order valence-corrected chi connectivity index (χ0v) is 11.1. The Morgan fingerprint density at radius 1 is 1.62 bits per heavy atom. The van der Waals surface area contributed by atoms with Crippen LogP contribution in [0.3, 0.4) is 0 Å². The number of carbonyl (C=O) groups excluding carboxylic acids is 1. The molecule has 0 bridgehead atoms. The molecule has 0 fully saturated rings. The Kier molecular flexibility index (Phi) is 3.45. The van der Waals surface area contributed by atoms with Crippen LogP contribution in [-0.4, -0.2) is 33.9 Å². The minimum absolute atomic E-state index is 0.316. The van der Waals surface area contributed by atoms with Crippen molar-refractivity contribution in [3.05, 3.63) is 15.0 Å². The third kappa shape index (κ3) is 2.06. The Bertz CT molecular complexity index is 418. The molecule has 0 aliphatic carbocycles. The smallest absolute Gasteiger partial charge is 0.342 e. The van der Waals surface area contributed by atoms with Crippen LogP contribution in [0.15, 0.2) is 0 Å². The van der Waals surface area contributed by atoms with Gasteiger partial charge >= 0.3 is 5.97 Å². The summed E-state index contributed by atoms with van der Waals surface area (Å²) in [6.07, 6.45) is 0. The molecule has 0 saturated carbocycles. The van der Waals surface area contributed by atoms with E-state index in [2.05, 4.69) is 27.7 Å². The van der Waals surface area contributed by atoms with E-state index in [9.17, 15) is 4.79 Å². The van der Waals surface area contributed by atoms with Crippen LogP contribution in [0.4, 0.5) is 0 Å². The van der Waals surface area contributed by atoms with Gasteiger partial charge in [-0.15, -0.1) is 0 Å². The second kappa shape index (κ2) is 4.68. The summed E-state index contributed by atoms with van der Waals surface area (Å²) in [5.74, 6) is 5.42. The fourth-order valence-electron chi connectivity index (χ4n) is 1.71. The molecule has 2 rings (SSSR count). The first-order valence-electron chi connectivity index (χ1n) is 5.05. The van der Waals surface area contributed by atoms with Crippen molar-refractivity contribution < 1.29 is 9.53 Å². The fourth-order valence-corrected chi connectivity index (χ4v) is 2.50. The number of ether oxygens (including phenoxy) is 1. The van der Waals surface area contributed by atoms with E-state index in [1.165, 1.54) is 0 Å². The number of hydrogen-bond acceptors (Lipinski definition) is 5. The summed E-state index contributed by atoms with van der Waals surface area (Å²) >= 11 is 2.05. The van der Waals surface area contributed by atoms with E-state index in [4.69, 9.17) is 10.6 Å². The topological polar surface area (TPSA) is 73.4 Å². The maximum absolute atomic E-state index is 11.8. The lowest BCUT2D eigenvalue weighted by Crippen LogP contribution is -2.39. The normalized spacial score (nSPS) is 15.9. The molecule has 0 aromatic carbocycles. The molecule has 0 atom stereocenters. The molecule has 2 N–H and O–H groups in total. The van der Waals surface area contributed by atoms with Crippen LogP contribution < -0.4 is 5.84 Å². The molecule has 1 aromatic heterocycles. The third-order valence-corrected chi connectivity index (χ3v) is 3.20. The number of hydrogen-bond donors (Lipinski definition) is 1. The van der Waals surface area contributed by atoms with Crippen molar-refractivity contribution in [1.82, 2.24) is 14.8 Å². The summed E-state index contributed by atoms with van der Waals surface area (Å²) in [4.78, 5) is 11.8. The van der Waals surface area contributed by atoms with E-state index in [0.29, 0.717) is 29.0 Å². The maximum atomic E-state index is 11.8. The molecule has 2 heterocycles. The zero-order valence-electron chi connectivity index (χ0n) is 8.94. The number of aromatic nitrogens is 2. The van der Waals surface area contributed by atoms with E-state index < -0.39 is 0 Å². The molecule has 0 amide bonds. The Morgan fingerprint density at radius 3 is 3.06 bits per heavy atom. The summed E-state index contributed by atoms with van der Waals surface area (Å²) in [6.45, 7) is 4.14. The second-order valence-corrected chi connectivity index (χ2v) is 4.55. The standard InChI is InChI=1S/C9H13IN4O2/c1-2-16-9(15)7-6-5-13(11)3-4-14(6)12-8(7)10/h2-5,11H2,1H3. The Morgan fingerprint density at radius 2 is 2.38 bits per heavy atom. The van der Waals surface area contributed by atoms with Crippen molar-refractivity contribution in [2.45, 2.75) is 20.0 Å². The molecule has 0 spiro atoms. The highest BCUT2D eigenvalue weighted by atomic mass is 127. The Labute approximate surface area is 107 Å². The Hall–Kier alpha value is -0.670. The van der Waals surface area contributed by atoms with Crippen LogP contribution >= 0.6 is 22.6 Å². The molecular weight excluding hydrogens is 323 g/mol. The van der Waals surface area contributed by atoms with Crippen molar-refractivity contribution in [3.8, 4) is 0 Å². The van der Waals surface area contributed by atoms with Crippen LogP contribution in [0.25, 0.3) is 0 Å². The first-order chi connectivity index (χ1) is 7.63. The van der Waals surface area contributed by atoms with Crippen LogP contribution in [0, 0.1) is 3.70 Å². The number of esters is 1. The van der Waals surface area contributed by atoms with Gasteiger partial charge in [-0.2, -0.15) is 5.10 Å². The van der Waals surface area contributed by atoms with Gasteiger partial charge in [0.05, 0.1) is 25.4 Å². The van der Waals surface area contributed by atoms with Crippen molar-refractivity contribution >= 4 is 28.6 Å². The number of rotatable bonds is 2. The van der Waals surface area contributed by atoms with Gasteiger partial charge in [-0.25, -0.2) is 9.80 Å². The second-order valence-electron chi connectivity index (χ2n) is 3.53. The van der Waals surface area contributed by atoms with Crippen molar-refractivity contribution in [3.63, 3.8) is 0 Å². The van der Waals surface area contributed by atoms with Gasteiger partial charge in [0.15, 0.2) is 0 Å². The van der Waals surface area contributed by atoms with Crippen molar-refractivity contribution in [2.24, 2.45) is 5.84 Å². The molecule has 88 valence electrons. The van der Waals surface area contributed by atoms with E-state index >= 15 is 0 Å². The van der Waals surface area contributed by atoms with E-state index in [-0.39, 0.29) is 5.97 Å². The lowest BCUT2D eigenvalue weighted by atomic mass is 10.2. The van der Waals surface area contributed by atoms with Gasteiger partial charge in [-0.3, -0.25) is 10.5 Å². The summed E-state index contributed by atoms with van der Waals surface area (Å²) in [7, 11) is 0. The molecule has 1 aliphatic rings. The average Bonchev–Trinajstić information content (AvgIpc) is 2.53. The number of fused-ring (bicyclic) bond motifs is 1. The number of nitrogens with zero attached hydrogens (tertiary/aromatic N) is 3. The molecule has 16 heavy (non-hydrogen) atoms. The minimum atomic E-state index is -0.316. The molecular formula is C9H13IN4O2. The molecule has 6 nitrogen and oxygen atoms in total. The van der Waals surface area contributed by atoms with E-state index in [0.717, 1.165) is 12.2 Å². The predicted octanol–water partition coefficient (Wildman–Crippen LogP) is 0.354. The first kappa shape index (κ1) is 11.8. The lowest BCUT2D eigenvalue weighted by Gasteiger charge is -2.23. The zero-order chi connectivity index (χ0) is 11.7. The monoisotopic (exact) mass is 336 g/mol. The summed E-state index contributed by atoms with van der Waals surface area (Å²) in [6, 6.07) is 0. The van der Waals surface area contributed by atoms with Crippen molar-refractivity contribution in [2.75, 3.05) is 13.2 Å². The fraction of sp³-hybridized carbons (Fsp3) is 0.556. The molecule has 1 aliphatic heterocycles. The summed E-state index contributed by atoms with van der Waals surface area (Å²) in [5, 5.41) is 5.99. The molecule has 0 saturated heterocycles. The van der Waals surface area contributed by atoms with E-state index in [1.54, 1.807) is 11.9 Å². The van der Waals surface area contributed by atoms with Crippen LogP contribution in [0.2, 0.25) is 0 Å². The SMILES string of the molecule is CCOC(=O)c1c(I)nn2c1CN(N)CC2. The highest BCUT2D eigenvalue weighted by Gasteiger charge is 2.26. The van der Waals surface area contributed by atoms with Gasteiger partial charge in [0.1, 0.15) is 9.26 Å². The molecule has 0 unspecified atom stereocenters. The van der Waals surface area contributed by atoms with Crippen LogP contribution in [0.1, 0.15) is 23.0 Å². The summed E-state index contributed by atoms with van der Waals surface area (Å²) < 4.78 is 7.52. The van der Waals surface area contributed by atoms with Gasteiger partial charge in [-0.05, 0) is 29.5 Å².